The SMILES string of the molecule is Cc1cccc(CS(=O)(=O)N2CCN(S(C)(=O)=O)CC2)c1. The monoisotopic (exact) mass is 332 g/mol. The Hall–Kier alpha value is -0.960. The molecule has 6 nitrogen and oxygen atoms in total. The fraction of sp³-hybridized carbons (Fsp3) is 0.538. The molecule has 118 valence electrons. The second-order valence-electron chi connectivity index (χ2n) is 5.31. The van der Waals surface area contributed by atoms with Gasteiger partial charge >= 0.3 is 0 Å². The van der Waals surface area contributed by atoms with Crippen LogP contribution in [-0.2, 0) is 25.8 Å². The summed E-state index contributed by atoms with van der Waals surface area (Å²) in [6.45, 7) is 2.77. The Bertz CT molecular complexity index is 705. The number of rotatable bonds is 4. The van der Waals surface area contributed by atoms with Gasteiger partial charge in [0.15, 0.2) is 0 Å². The number of hydrogen-bond acceptors (Lipinski definition) is 4. The first-order chi connectivity index (χ1) is 9.68. The van der Waals surface area contributed by atoms with Crippen LogP contribution in [0.15, 0.2) is 24.3 Å². The molecule has 2 rings (SSSR count). The summed E-state index contributed by atoms with van der Waals surface area (Å²) in [5, 5.41) is 0. The summed E-state index contributed by atoms with van der Waals surface area (Å²) in [5.41, 5.74) is 1.77. The molecule has 8 heteroatoms. The van der Waals surface area contributed by atoms with E-state index >= 15 is 0 Å². The molecule has 0 spiro atoms. The lowest BCUT2D eigenvalue weighted by Crippen LogP contribution is -2.50. The van der Waals surface area contributed by atoms with E-state index in [2.05, 4.69) is 0 Å². The van der Waals surface area contributed by atoms with E-state index in [1.807, 2.05) is 25.1 Å². The van der Waals surface area contributed by atoms with E-state index in [0.717, 1.165) is 17.4 Å². The molecular weight excluding hydrogens is 312 g/mol. The standard InChI is InChI=1S/C13H20N2O4S2/c1-12-4-3-5-13(10-12)11-21(18,19)15-8-6-14(7-9-15)20(2,16)17/h3-5,10H,6-9,11H2,1-2H3. The van der Waals surface area contributed by atoms with Gasteiger partial charge in [-0.25, -0.2) is 16.8 Å². The van der Waals surface area contributed by atoms with Crippen LogP contribution in [0.3, 0.4) is 0 Å². The van der Waals surface area contributed by atoms with E-state index in [4.69, 9.17) is 0 Å². The van der Waals surface area contributed by atoms with Crippen LogP contribution in [0.4, 0.5) is 0 Å². The molecule has 0 radical (unpaired) electrons. The summed E-state index contributed by atoms with van der Waals surface area (Å²) in [4.78, 5) is 0. The van der Waals surface area contributed by atoms with Crippen LogP contribution in [0, 0.1) is 6.92 Å². The van der Waals surface area contributed by atoms with E-state index in [1.165, 1.54) is 8.61 Å². The fourth-order valence-electron chi connectivity index (χ4n) is 2.38. The summed E-state index contributed by atoms with van der Waals surface area (Å²) in [5.74, 6) is -0.0481. The lowest BCUT2D eigenvalue weighted by molar-refractivity contribution is 0.274. The van der Waals surface area contributed by atoms with Crippen LogP contribution < -0.4 is 0 Å². The first-order valence-corrected chi connectivity index (χ1v) is 10.1. The molecule has 1 saturated heterocycles. The minimum absolute atomic E-state index is 0.0481. The fourth-order valence-corrected chi connectivity index (χ4v) is 4.71. The van der Waals surface area contributed by atoms with Crippen molar-refractivity contribution in [2.24, 2.45) is 0 Å². The van der Waals surface area contributed by atoms with Crippen LogP contribution in [0.1, 0.15) is 11.1 Å². The minimum atomic E-state index is -3.41. The second kappa shape index (κ2) is 6.04. The predicted octanol–water partition coefficient (Wildman–Crippen LogP) is 0.402. The highest BCUT2D eigenvalue weighted by molar-refractivity contribution is 7.88. The molecule has 0 bridgehead atoms. The maximum absolute atomic E-state index is 12.4. The average Bonchev–Trinajstić information content (AvgIpc) is 2.37. The molecular formula is C13H20N2O4S2. The van der Waals surface area contributed by atoms with E-state index in [1.54, 1.807) is 6.07 Å². The molecule has 1 aliphatic rings. The molecule has 0 unspecified atom stereocenters. The van der Waals surface area contributed by atoms with Gasteiger partial charge < -0.3 is 0 Å². The van der Waals surface area contributed by atoms with Crippen molar-refractivity contribution in [1.29, 1.82) is 0 Å². The number of hydrogen-bond donors (Lipinski definition) is 0. The van der Waals surface area contributed by atoms with Crippen LogP contribution in [-0.4, -0.2) is 57.9 Å². The zero-order valence-electron chi connectivity index (χ0n) is 12.2. The second-order valence-corrected chi connectivity index (χ2v) is 9.26. The highest BCUT2D eigenvalue weighted by Gasteiger charge is 2.30. The molecule has 1 heterocycles. The van der Waals surface area contributed by atoms with E-state index < -0.39 is 20.0 Å². The van der Waals surface area contributed by atoms with Crippen molar-refractivity contribution in [1.82, 2.24) is 8.61 Å². The average molecular weight is 332 g/mol. The first-order valence-electron chi connectivity index (χ1n) is 6.67. The third-order valence-electron chi connectivity index (χ3n) is 3.49. The predicted molar refractivity (Wildman–Crippen MR) is 81.8 cm³/mol. The van der Waals surface area contributed by atoms with Gasteiger partial charge in [0.1, 0.15) is 0 Å². The smallest absolute Gasteiger partial charge is 0.213 e. The van der Waals surface area contributed by atoms with Crippen molar-refractivity contribution in [2.75, 3.05) is 32.4 Å². The summed E-state index contributed by atoms with van der Waals surface area (Å²) in [6, 6.07) is 7.39. The Morgan fingerprint density at radius 2 is 1.57 bits per heavy atom. The summed E-state index contributed by atoms with van der Waals surface area (Å²) < 4.78 is 50.3. The molecule has 0 amide bonds. The topological polar surface area (TPSA) is 74.8 Å². The largest absolute Gasteiger partial charge is 0.218 e. The van der Waals surface area contributed by atoms with E-state index in [9.17, 15) is 16.8 Å². The quantitative estimate of drug-likeness (QED) is 0.800. The van der Waals surface area contributed by atoms with Gasteiger partial charge in [-0.1, -0.05) is 29.8 Å². The third kappa shape index (κ3) is 4.26. The lowest BCUT2D eigenvalue weighted by Gasteiger charge is -2.32. The molecule has 1 fully saturated rings. The van der Waals surface area contributed by atoms with Crippen molar-refractivity contribution in [3.63, 3.8) is 0 Å². The minimum Gasteiger partial charge on any atom is -0.213 e. The molecule has 0 aromatic heterocycles. The van der Waals surface area contributed by atoms with Crippen molar-refractivity contribution in [3.8, 4) is 0 Å². The number of nitrogens with zero attached hydrogens (tertiary/aromatic N) is 2. The Morgan fingerprint density at radius 1 is 1.00 bits per heavy atom. The maximum Gasteiger partial charge on any atom is 0.218 e. The van der Waals surface area contributed by atoms with Gasteiger partial charge in [-0.15, -0.1) is 0 Å². The van der Waals surface area contributed by atoms with Gasteiger partial charge in [-0.3, -0.25) is 0 Å². The van der Waals surface area contributed by atoms with Crippen molar-refractivity contribution < 1.29 is 16.8 Å². The number of benzene rings is 1. The van der Waals surface area contributed by atoms with Crippen molar-refractivity contribution in [2.45, 2.75) is 12.7 Å². The highest BCUT2D eigenvalue weighted by Crippen LogP contribution is 2.15. The first kappa shape index (κ1) is 16.4. The highest BCUT2D eigenvalue weighted by atomic mass is 32.2. The van der Waals surface area contributed by atoms with Gasteiger partial charge in [0.05, 0.1) is 12.0 Å². The van der Waals surface area contributed by atoms with Gasteiger partial charge in [-0.2, -0.15) is 8.61 Å². The van der Waals surface area contributed by atoms with E-state index in [0.29, 0.717) is 0 Å². The number of aryl methyl sites for hydroxylation is 1. The van der Waals surface area contributed by atoms with Gasteiger partial charge in [-0.05, 0) is 12.5 Å². The Balaban J connectivity index is 2.05. The van der Waals surface area contributed by atoms with Crippen LogP contribution in [0.5, 0.6) is 0 Å². The molecule has 0 N–H and O–H groups in total. The third-order valence-corrected chi connectivity index (χ3v) is 6.64. The molecule has 0 saturated carbocycles. The molecule has 21 heavy (non-hydrogen) atoms. The molecule has 1 aromatic carbocycles. The molecule has 1 aliphatic heterocycles. The summed E-state index contributed by atoms with van der Waals surface area (Å²) in [6.07, 6.45) is 1.14. The maximum atomic E-state index is 12.4. The van der Waals surface area contributed by atoms with Crippen LogP contribution in [0.2, 0.25) is 0 Å². The zero-order chi connectivity index (χ0) is 15.7. The lowest BCUT2D eigenvalue weighted by atomic mass is 10.2. The Kier molecular flexibility index (Phi) is 4.72. The Labute approximate surface area is 126 Å². The van der Waals surface area contributed by atoms with E-state index in [-0.39, 0.29) is 31.9 Å². The molecule has 1 aromatic rings. The van der Waals surface area contributed by atoms with Crippen molar-refractivity contribution in [3.05, 3.63) is 35.4 Å². The summed E-state index contributed by atoms with van der Waals surface area (Å²) in [7, 11) is -6.66. The normalized spacial score (nSPS) is 18.8. The van der Waals surface area contributed by atoms with Crippen LogP contribution >= 0.6 is 0 Å². The van der Waals surface area contributed by atoms with Crippen molar-refractivity contribution >= 4 is 20.0 Å². The summed E-state index contributed by atoms with van der Waals surface area (Å²) >= 11 is 0. The Morgan fingerprint density at radius 3 is 2.10 bits per heavy atom. The van der Waals surface area contributed by atoms with Gasteiger partial charge in [0, 0.05) is 26.2 Å². The number of piperazine rings is 1. The molecule has 0 atom stereocenters. The van der Waals surface area contributed by atoms with Gasteiger partial charge in [0.2, 0.25) is 20.0 Å². The van der Waals surface area contributed by atoms with Crippen LogP contribution in [0.25, 0.3) is 0 Å². The zero-order valence-corrected chi connectivity index (χ0v) is 13.8. The molecule has 0 aliphatic carbocycles. The number of sulfonamides is 2. The van der Waals surface area contributed by atoms with Gasteiger partial charge in [0.25, 0.3) is 0 Å².